The SMILES string of the molecule is C=CC(=O)N1CN(C(=O)C=C)C(C=C(C)C(=O)O)N(C(=O)C=C)C1. The van der Waals surface area contributed by atoms with E-state index >= 15 is 0 Å². The topological polar surface area (TPSA) is 98.2 Å². The molecule has 0 unspecified atom stereocenters. The van der Waals surface area contributed by atoms with Gasteiger partial charge in [0, 0.05) is 5.57 Å². The van der Waals surface area contributed by atoms with Crippen LogP contribution in [0, 0.1) is 0 Å². The van der Waals surface area contributed by atoms with Crippen molar-refractivity contribution >= 4 is 23.7 Å². The van der Waals surface area contributed by atoms with Gasteiger partial charge in [-0.05, 0) is 31.2 Å². The third kappa shape index (κ3) is 3.97. The molecule has 0 aromatic rings. The van der Waals surface area contributed by atoms with Gasteiger partial charge in [-0.25, -0.2) is 4.79 Å². The van der Waals surface area contributed by atoms with E-state index in [1.54, 1.807) is 0 Å². The minimum Gasteiger partial charge on any atom is -0.478 e. The van der Waals surface area contributed by atoms with Crippen molar-refractivity contribution in [1.82, 2.24) is 14.7 Å². The summed E-state index contributed by atoms with van der Waals surface area (Å²) in [5, 5.41) is 9.06. The van der Waals surface area contributed by atoms with Crippen LogP contribution in [0.1, 0.15) is 6.92 Å². The van der Waals surface area contributed by atoms with Crippen molar-refractivity contribution < 1.29 is 24.3 Å². The summed E-state index contributed by atoms with van der Waals surface area (Å²) in [6, 6.07) is 0. The lowest BCUT2D eigenvalue weighted by atomic mass is 10.2. The number of aliphatic carboxylic acids is 1. The van der Waals surface area contributed by atoms with Gasteiger partial charge in [0.2, 0.25) is 17.7 Å². The summed E-state index contributed by atoms with van der Waals surface area (Å²) in [6.45, 7) is 11.2. The fraction of sp³-hybridized carbons (Fsp3) is 0.250. The minimum absolute atomic E-state index is 0.0489. The van der Waals surface area contributed by atoms with Crippen molar-refractivity contribution in [2.45, 2.75) is 13.1 Å². The number of hydrogen-bond acceptors (Lipinski definition) is 4. The molecule has 0 aliphatic carbocycles. The first-order chi connectivity index (χ1) is 11.3. The molecule has 0 bridgehead atoms. The van der Waals surface area contributed by atoms with Gasteiger partial charge in [-0.1, -0.05) is 19.7 Å². The Morgan fingerprint density at radius 3 is 1.67 bits per heavy atom. The molecule has 3 amide bonds. The van der Waals surface area contributed by atoms with E-state index in [9.17, 15) is 19.2 Å². The van der Waals surface area contributed by atoms with Crippen LogP contribution in [0.2, 0.25) is 0 Å². The molecule has 8 heteroatoms. The zero-order chi connectivity index (χ0) is 18.4. The Kier molecular flexibility index (Phi) is 6.22. The Morgan fingerprint density at radius 1 is 0.917 bits per heavy atom. The van der Waals surface area contributed by atoms with Crippen LogP contribution in [0.25, 0.3) is 0 Å². The van der Waals surface area contributed by atoms with Crippen LogP contribution in [0.5, 0.6) is 0 Å². The molecule has 0 radical (unpaired) electrons. The zero-order valence-corrected chi connectivity index (χ0v) is 13.3. The summed E-state index contributed by atoms with van der Waals surface area (Å²) in [5.74, 6) is -2.77. The van der Waals surface area contributed by atoms with Crippen LogP contribution in [0.3, 0.4) is 0 Å². The maximum absolute atomic E-state index is 12.1. The van der Waals surface area contributed by atoms with Gasteiger partial charge in [-0.15, -0.1) is 0 Å². The molecule has 128 valence electrons. The Morgan fingerprint density at radius 2 is 1.33 bits per heavy atom. The predicted molar refractivity (Wildman–Crippen MR) is 86.0 cm³/mol. The van der Waals surface area contributed by atoms with Crippen LogP contribution in [0.15, 0.2) is 49.6 Å². The second-order valence-electron chi connectivity index (χ2n) is 4.96. The monoisotopic (exact) mass is 333 g/mol. The van der Waals surface area contributed by atoms with E-state index < -0.39 is 29.9 Å². The third-order valence-electron chi connectivity index (χ3n) is 3.42. The van der Waals surface area contributed by atoms with Gasteiger partial charge in [0.15, 0.2) is 0 Å². The molecule has 0 spiro atoms. The number of amides is 3. The molecule has 0 atom stereocenters. The van der Waals surface area contributed by atoms with Crippen LogP contribution < -0.4 is 0 Å². The number of rotatable bonds is 5. The molecule has 0 saturated carbocycles. The molecule has 8 nitrogen and oxygen atoms in total. The van der Waals surface area contributed by atoms with Gasteiger partial charge >= 0.3 is 5.97 Å². The van der Waals surface area contributed by atoms with E-state index in [-0.39, 0.29) is 18.9 Å². The average Bonchev–Trinajstić information content (AvgIpc) is 2.59. The van der Waals surface area contributed by atoms with Crippen LogP contribution >= 0.6 is 0 Å². The highest BCUT2D eigenvalue weighted by Gasteiger charge is 2.37. The summed E-state index contributed by atoms with van der Waals surface area (Å²) in [6.07, 6.45) is 3.39. The zero-order valence-electron chi connectivity index (χ0n) is 13.3. The van der Waals surface area contributed by atoms with Crippen molar-refractivity contribution in [3.8, 4) is 0 Å². The minimum atomic E-state index is -1.18. The van der Waals surface area contributed by atoms with E-state index in [0.717, 1.165) is 28.0 Å². The van der Waals surface area contributed by atoms with Crippen molar-refractivity contribution in [1.29, 1.82) is 0 Å². The maximum Gasteiger partial charge on any atom is 0.331 e. The van der Waals surface area contributed by atoms with E-state index in [2.05, 4.69) is 19.7 Å². The van der Waals surface area contributed by atoms with Crippen molar-refractivity contribution in [2.24, 2.45) is 0 Å². The molecule has 1 saturated heterocycles. The molecule has 0 aromatic carbocycles. The van der Waals surface area contributed by atoms with Crippen molar-refractivity contribution in [3.63, 3.8) is 0 Å². The van der Waals surface area contributed by atoms with E-state index in [4.69, 9.17) is 5.11 Å². The Labute approximate surface area is 139 Å². The maximum atomic E-state index is 12.1. The number of nitrogens with zero attached hydrogens (tertiary/aromatic N) is 3. The first-order valence-electron chi connectivity index (χ1n) is 6.96. The molecule has 1 aliphatic heterocycles. The number of carboxylic acids is 1. The molecular formula is C16H19N3O5. The predicted octanol–water partition coefficient (Wildman–Crippen LogP) is 0.316. The lowest BCUT2D eigenvalue weighted by Gasteiger charge is -2.46. The standard InChI is InChI=1S/C16H19N3O5/c1-5-13(20)17-9-18(14(21)6-2)12(8-11(4)16(23)24)19(10-17)15(22)7-3/h5-8,12H,1-3,9-10H2,4H3,(H,23,24). The van der Waals surface area contributed by atoms with Gasteiger partial charge in [0.05, 0.1) is 0 Å². The number of carbonyl (C=O) groups excluding carboxylic acids is 3. The molecule has 1 fully saturated rings. The fourth-order valence-corrected chi connectivity index (χ4v) is 2.13. The van der Waals surface area contributed by atoms with Gasteiger partial charge < -0.3 is 10.0 Å². The normalized spacial score (nSPS) is 15.7. The van der Waals surface area contributed by atoms with E-state index in [0.29, 0.717) is 0 Å². The van der Waals surface area contributed by atoms with Crippen molar-refractivity contribution in [2.75, 3.05) is 13.3 Å². The summed E-state index contributed by atoms with van der Waals surface area (Å²) < 4.78 is 0. The van der Waals surface area contributed by atoms with Gasteiger partial charge in [-0.2, -0.15) is 0 Å². The summed E-state index contributed by atoms with van der Waals surface area (Å²) in [4.78, 5) is 50.8. The molecule has 1 aliphatic rings. The van der Waals surface area contributed by atoms with E-state index in [1.165, 1.54) is 17.9 Å². The summed E-state index contributed by atoms with van der Waals surface area (Å²) in [5.41, 5.74) is -0.0489. The van der Waals surface area contributed by atoms with Crippen LogP contribution in [-0.4, -0.2) is 63.0 Å². The number of hydrogen-bond donors (Lipinski definition) is 1. The lowest BCUT2D eigenvalue weighted by molar-refractivity contribution is -0.158. The molecule has 24 heavy (non-hydrogen) atoms. The summed E-state index contributed by atoms with van der Waals surface area (Å²) >= 11 is 0. The fourth-order valence-electron chi connectivity index (χ4n) is 2.13. The highest BCUT2D eigenvalue weighted by Crippen LogP contribution is 2.19. The largest absolute Gasteiger partial charge is 0.478 e. The Bertz CT molecular complexity index is 608. The van der Waals surface area contributed by atoms with Crippen molar-refractivity contribution in [3.05, 3.63) is 49.6 Å². The number of carbonyl (C=O) groups is 4. The van der Waals surface area contributed by atoms with Gasteiger partial charge in [-0.3, -0.25) is 24.2 Å². The molecule has 1 heterocycles. The third-order valence-corrected chi connectivity index (χ3v) is 3.42. The second-order valence-corrected chi connectivity index (χ2v) is 4.96. The smallest absolute Gasteiger partial charge is 0.331 e. The second kappa shape index (κ2) is 7.91. The quantitative estimate of drug-likeness (QED) is 0.731. The first kappa shape index (κ1) is 18.9. The molecule has 0 aromatic heterocycles. The van der Waals surface area contributed by atoms with E-state index in [1.807, 2.05) is 0 Å². The highest BCUT2D eigenvalue weighted by molar-refractivity contribution is 5.93. The Balaban J connectivity index is 3.39. The molecule has 1 rings (SSSR count). The lowest BCUT2D eigenvalue weighted by Crippen LogP contribution is -2.64. The highest BCUT2D eigenvalue weighted by atomic mass is 16.4. The van der Waals surface area contributed by atoms with Gasteiger partial charge in [0.25, 0.3) is 0 Å². The first-order valence-corrected chi connectivity index (χ1v) is 6.96. The average molecular weight is 333 g/mol. The number of carboxylic acid groups (broad SMARTS) is 1. The summed E-state index contributed by atoms with van der Waals surface area (Å²) in [7, 11) is 0. The van der Waals surface area contributed by atoms with Gasteiger partial charge in [0.1, 0.15) is 19.5 Å². The van der Waals surface area contributed by atoms with Crippen LogP contribution in [0.4, 0.5) is 0 Å². The van der Waals surface area contributed by atoms with Crippen LogP contribution in [-0.2, 0) is 19.2 Å². The Hall–Kier alpha value is -3.16. The molecule has 1 N–H and O–H groups in total. The molecular weight excluding hydrogens is 314 g/mol.